The third kappa shape index (κ3) is 1.97. The van der Waals surface area contributed by atoms with E-state index in [-0.39, 0.29) is 4.75 Å². The molecule has 2 rings (SSSR count). The summed E-state index contributed by atoms with van der Waals surface area (Å²) in [6.07, 6.45) is 8.43. The minimum absolute atomic E-state index is 0.142. The largest absolute Gasteiger partial charge is 0.347 e. The van der Waals surface area contributed by atoms with Crippen molar-refractivity contribution in [2.45, 2.75) is 24.5 Å². The lowest BCUT2D eigenvalue weighted by Crippen LogP contribution is -2.22. The lowest BCUT2D eigenvalue weighted by molar-refractivity contribution is 0.799. The zero-order valence-electron chi connectivity index (χ0n) is 7.75. The van der Waals surface area contributed by atoms with Crippen LogP contribution in [0.1, 0.15) is 19.8 Å². The van der Waals surface area contributed by atoms with Gasteiger partial charge in [0.15, 0.2) is 0 Å². The summed E-state index contributed by atoms with van der Waals surface area (Å²) in [4.78, 5) is 4.43. The van der Waals surface area contributed by atoms with Crippen LogP contribution in [0.25, 0.3) is 0 Å². The zero-order chi connectivity index (χ0) is 9.31. The van der Waals surface area contributed by atoms with Crippen molar-refractivity contribution >= 4 is 18.5 Å². The highest BCUT2D eigenvalue weighted by molar-refractivity contribution is 7.82. The number of hydrogen-bond acceptors (Lipinski definition) is 3. The van der Waals surface area contributed by atoms with Gasteiger partial charge in [0.2, 0.25) is 0 Å². The standard InChI is InChI=1S/C10H14N2S/c1-10(13)4-6-12-9-8(7-10)3-2-5-11-9/h4,6-7,13H,2-3,5H2,1H3,(H,11,12). The highest BCUT2D eigenvalue weighted by atomic mass is 32.1. The Morgan fingerprint density at radius 1 is 1.62 bits per heavy atom. The predicted octanol–water partition coefficient (Wildman–Crippen LogP) is 1.91. The molecule has 1 N–H and O–H groups in total. The van der Waals surface area contributed by atoms with Crippen molar-refractivity contribution in [2.24, 2.45) is 4.99 Å². The van der Waals surface area contributed by atoms with Crippen molar-refractivity contribution in [3.05, 3.63) is 23.9 Å². The number of hydrogen-bond donors (Lipinski definition) is 2. The van der Waals surface area contributed by atoms with Gasteiger partial charge in [-0.05, 0) is 31.4 Å². The van der Waals surface area contributed by atoms with Crippen LogP contribution in [0.3, 0.4) is 0 Å². The number of nitrogens with one attached hydrogen (secondary N) is 1. The van der Waals surface area contributed by atoms with Gasteiger partial charge in [0.1, 0.15) is 5.84 Å². The van der Waals surface area contributed by atoms with Crippen LogP contribution in [-0.2, 0) is 0 Å². The molecular formula is C10H14N2S. The Morgan fingerprint density at radius 2 is 2.46 bits per heavy atom. The Hall–Kier alpha value is -0.700. The summed E-state index contributed by atoms with van der Waals surface area (Å²) in [5.41, 5.74) is 1.30. The molecule has 2 nitrogen and oxygen atoms in total. The monoisotopic (exact) mass is 194 g/mol. The normalized spacial score (nSPS) is 32.5. The van der Waals surface area contributed by atoms with Crippen LogP contribution < -0.4 is 5.32 Å². The Balaban J connectivity index is 2.37. The first kappa shape index (κ1) is 8.88. The van der Waals surface area contributed by atoms with E-state index in [1.54, 1.807) is 0 Å². The Labute approximate surface area is 84.2 Å². The molecule has 0 aromatic heterocycles. The van der Waals surface area contributed by atoms with Gasteiger partial charge in [-0.15, -0.1) is 0 Å². The lowest BCUT2D eigenvalue weighted by Gasteiger charge is -2.17. The fourth-order valence-corrected chi connectivity index (χ4v) is 1.88. The van der Waals surface area contributed by atoms with Crippen molar-refractivity contribution in [1.29, 1.82) is 0 Å². The molecule has 1 atom stereocenters. The van der Waals surface area contributed by atoms with Crippen LogP contribution in [0.2, 0.25) is 0 Å². The van der Waals surface area contributed by atoms with Gasteiger partial charge >= 0.3 is 0 Å². The molecule has 0 amide bonds. The fraction of sp³-hybridized carbons (Fsp3) is 0.500. The quantitative estimate of drug-likeness (QED) is 0.566. The molecule has 0 aliphatic carbocycles. The van der Waals surface area contributed by atoms with Crippen molar-refractivity contribution in [2.75, 3.05) is 6.54 Å². The molecule has 3 heteroatoms. The Morgan fingerprint density at radius 3 is 3.31 bits per heavy atom. The molecule has 0 bridgehead atoms. The van der Waals surface area contributed by atoms with Crippen molar-refractivity contribution < 1.29 is 0 Å². The summed E-state index contributed by atoms with van der Waals surface area (Å²) in [5.74, 6) is 1.03. The molecule has 1 unspecified atom stereocenters. The van der Waals surface area contributed by atoms with Crippen molar-refractivity contribution in [3.63, 3.8) is 0 Å². The Bertz CT molecular complexity index is 300. The minimum atomic E-state index is -0.142. The number of nitrogens with zero attached hydrogens (tertiary/aromatic N) is 1. The molecule has 2 heterocycles. The van der Waals surface area contributed by atoms with Gasteiger partial charge < -0.3 is 5.32 Å². The topological polar surface area (TPSA) is 24.4 Å². The maximum atomic E-state index is 4.55. The molecule has 0 spiro atoms. The summed E-state index contributed by atoms with van der Waals surface area (Å²) in [6.45, 7) is 3.02. The molecular weight excluding hydrogens is 180 g/mol. The average molecular weight is 194 g/mol. The lowest BCUT2D eigenvalue weighted by atomic mass is 10.0. The molecule has 13 heavy (non-hydrogen) atoms. The van der Waals surface area contributed by atoms with Crippen LogP contribution in [0.15, 0.2) is 28.9 Å². The summed E-state index contributed by atoms with van der Waals surface area (Å²) < 4.78 is -0.142. The second kappa shape index (κ2) is 3.22. The molecule has 2 aliphatic heterocycles. The van der Waals surface area contributed by atoms with Gasteiger partial charge in [-0.3, -0.25) is 4.99 Å². The van der Waals surface area contributed by atoms with Gasteiger partial charge in [0, 0.05) is 17.5 Å². The molecule has 0 saturated carbocycles. The van der Waals surface area contributed by atoms with Gasteiger partial charge in [-0.25, -0.2) is 0 Å². The SMILES string of the molecule is CC1(S)C=CNC2=NCCCC2=C1. The van der Waals surface area contributed by atoms with E-state index >= 15 is 0 Å². The predicted molar refractivity (Wildman–Crippen MR) is 59.3 cm³/mol. The first-order chi connectivity index (χ1) is 6.17. The fourth-order valence-electron chi connectivity index (χ4n) is 1.65. The summed E-state index contributed by atoms with van der Waals surface area (Å²) in [5, 5.41) is 3.19. The maximum absolute atomic E-state index is 4.55. The molecule has 0 aromatic carbocycles. The van der Waals surface area contributed by atoms with E-state index in [0.29, 0.717) is 0 Å². The second-order valence-electron chi connectivity index (χ2n) is 3.71. The summed E-state index contributed by atoms with van der Waals surface area (Å²) >= 11 is 4.55. The van der Waals surface area contributed by atoms with Crippen LogP contribution in [0, 0.1) is 0 Å². The first-order valence-corrected chi connectivity index (χ1v) is 5.05. The van der Waals surface area contributed by atoms with Crippen LogP contribution in [0.4, 0.5) is 0 Å². The smallest absolute Gasteiger partial charge is 0.127 e. The van der Waals surface area contributed by atoms with Crippen molar-refractivity contribution in [3.8, 4) is 0 Å². The molecule has 0 radical (unpaired) electrons. The van der Waals surface area contributed by atoms with E-state index in [0.717, 1.165) is 25.2 Å². The third-order valence-corrected chi connectivity index (χ3v) is 2.56. The molecule has 0 fully saturated rings. The number of fused-ring (bicyclic) bond motifs is 1. The van der Waals surface area contributed by atoms with Crippen molar-refractivity contribution in [1.82, 2.24) is 5.32 Å². The van der Waals surface area contributed by atoms with Crippen LogP contribution >= 0.6 is 12.6 Å². The third-order valence-electron chi connectivity index (χ3n) is 2.29. The highest BCUT2D eigenvalue weighted by Gasteiger charge is 2.20. The summed E-state index contributed by atoms with van der Waals surface area (Å²) in [6, 6.07) is 0. The molecule has 0 saturated heterocycles. The van der Waals surface area contributed by atoms with E-state index in [1.165, 1.54) is 5.57 Å². The Kier molecular flexibility index (Phi) is 2.20. The van der Waals surface area contributed by atoms with Gasteiger partial charge in [-0.1, -0.05) is 6.08 Å². The maximum Gasteiger partial charge on any atom is 0.127 e. The minimum Gasteiger partial charge on any atom is -0.347 e. The number of thiol groups is 1. The molecule has 2 aliphatic rings. The molecule has 70 valence electrons. The highest BCUT2D eigenvalue weighted by Crippen LogP contribution is 2.25. The van der Waals surface area contributed by atoms with Gasteiger partial charge in [0.05, 0.1) is 0 Å². The van der Waals surface area contributed by atoms with E-state index in [2.05, 4.69) is 35.9 Å². The zero-order valence-corrected chi connectivity index (χ0v) is 8.64. The molecule has 0 aromatic rings. The number of rotatable bonds is 0. The van der Waals surface area contributed by atoms with E-state index in [4.69, 9.17) is 0 Å². The van der Waals surface area contributed by atoms with E-state index in [9.17, 15) is 0 Å². The van der Waals surface area contributed by atoms with E-state index in [1.807, 2.05) is 12.3 Å². The van der Waals surface area contributed by atoms with E-state index < -0.39 is 0 Å². The first-order valence-electron chi connectivity index (χ1n) is 4.61. The van der Waals surface area contributed by atoms with Gasteiger partial charge in [0.25, 0.3) is 0 Å². The van der Waals surface area contributed by atoms with Crippen LogP contribution in [0.5, 0.6) is 0 Å². The average Bonchev–Trinajstić information content (AvgIpc) is 2.21. The second-order valence-corrected chi connectivity index (χ2v) is 4.67. The number of amidine groups is 1. The number of aliphatic imine (C=N–C) groups is 1. The van der Waals surface area contributed by atoms with Crippen LogP contribution in [-0.4, -0.2) is 17.1 Å². The van der Waals surface area contributed by atoms with Gasteiger partial charge in [-0.2, -0.15) is 12.6 Å². The summed E-state index contributed by atoms with van der Waals surface area (Å²) in [7, 11) is 0.